The first-order valence-electron chi connectivity index (χ1n) is 6.96. The van der Waals surface area contributed by atoms with E-state index in [1.54, 1.807) is 24.3 Å². The van der Waals surface area contributed by atoms with Crippen molar-refractivity contribution >= 4 is 0 Å². The van der Waals surface area contributed by atoms with Gasteiger partial charge in [-0.1, -0.05) is 25.1 Å². The zero-order valence-electron chi connectivity index (χ0n) is 12.2. The van der Waals surface area contributed by atoms with Crippen LogP contribution in [0.2, 0.25) is 0 Å². The average molecular weight is 291 g/mol. The molecule has 0 saturated heterocycles. The van der Waals surface area contributed by atoms with Gasteiger partial charge in [0, 0.05) is 11.6 Å². The van der Waals surface area contributed by atoms with Crippen LogP contribution in [0.4, 0.5) is 8.78 Å². The number of ether oxygens (including phenoxy) is 1. The van der Waals surface area contributed by atoms with E-state index >= 15 is 0 Å². The number of nitrogens with one attached hydrogen (secondary N) is 1. The molecule has 21 heavy (non-hydrogen) atoms. The lowest BCUT2D eigenvalue weighted by Crippen LogP contribution is -2.24. The molecule has 0 saturated carbocycles. The molecule has 2 nitrogen and oxygen atoms in total. The Morgan fingerprint density at radius 3 is 2.43 bits per heavy atom. The van der Waals surface area contributed by atoms with Crippen molar-refractivity contribution in [2.45, 2.75) is 19.4 Å². The average Bonchev–Trinajstić information content (AvgIpc) is 2.49. The fraction of sp³-hybridized carbons (Fsp3) is 0.294. The Morgan fingerprint density at radius 2 is 1.81 bits per heavy atom. The second-order valence-electron chi connectivity index (χ2n) is 4.80. The third-order valence-electron chi connectivity index (χ3n) is 3.38. The molecule has 0 amide bonds. The van der Waals surface area contributed by atoms with Crippen LogP contribution in [0, 0.1) is 11.6 Å². The van der Waals surface area contributed by atoms with E-state index in [9.17, 15) is 8.78 Å². The Balaban J connectivity index is 2.32. The van der Waals surface area contributed by atoms with Gasteiger partial charge in [0.05, 0.1) is 7.11 Å². The quantitative estimate of drug-likeness (QED) is 0.872. The minimum Gasteiger partial charge on any atom is -0.496 e. The number of hydrogen-bond acceptors (Lipinski definition) is 2. The van der Waals surface area contributed by atoms with E-state index in [0.29, 0.717) is 24.3 Å². The van der Waals surface area contributed by atoms with E-state index < -0.39 is 0 Å². The fourth-order valence-corrected chi connectivity index (χ4v) is 2.41. The van der Waals surface area contributed by atoms with Gasteiger partial charge in [-0.2, -0.15) is 0 Å². The molecule has 0 bridgehead atoms. The maximum absolute atomic E-state index is 14.2. The number of likely N-dealkylation sites (N-methyl/N-ethyl adjacent to an activating group) is 1. The highest BCUT2D eigenvalue weighted by Crippen LogP contribution is 2.30. The zero-order valence-corrected chi connectivity index (χ0v) is 12.2. The molecule has 0 heterocycles. The van der Waals surface area contributed by atoms with Crippen LogP contribution in [0.1, 0.15) is 24.1 Å². The summed E-state index contributed by atoms with van der Waals surface area (Å²) in [5.41, 5.74) is 1.44. The van der Waals surface area contributed by atoms with Gasteiger partial charge in [0.15, 0.2) is 0 Å². The number of methoxy groups -OCH3 is 1. The molecule has 2 rings (SSSR count). The van der Waals surface area contributed by atoms with Gasteiger partial charge >= 0.3 is 0 Å². The highest BCUT2D eigenvalue weighted by molar-refractivity contribution is 5.38. The molecule has 1 N–H and O–H groups in total. The van der Waals surface area contributed by atoms with Gasteiger partial charge in [-0.05, 0) is 42.8 Å². The summed E-state index contributed by atoms with van der Waals surface area (Å²) in [6.45, 7) is 2.66. The first-order valence-corrected chi connectivity index (χ1v) is 6.96. The van der Waals surface area contributed by atoms with E-state index in [4.69, 9.17) is 4.74 Å². The molecule has 112 valence electrons. The summed E-state index contributed by atoms with van der Waals surface area (Å²) in [4.78, 5) is 0. The molecule has 0 fully saturated rings. The molecule has 0 aliphatic carbocycles. The SMILES string of the molecule is CCNC(Cc1ccc(F)cc1)c1c(F)cccc1OC. The molecular weight excluding hydrogens is 272 g/mol. The zero-order chi connectivity index (χ0) is 15.2. The first kappa shape index (κ1) is 15.4. The monoisotopic (exact) mass is 291 g/mol. The van der Waals surface area contributed by atoms with Crippen molar-refractivity contribution in [1.82, 2.24) is 5.32 Å². The minimum absolute atomic E-state index is 0.225. The van der Waals surface area contributed by atoms with E-state index in [0.717, 1.165) is 5.56 Å². The van der Waals surface area contributed by atoms with Gasteiger partial charge in [-0.3, -0.25) is 0 Å². The third kappa shape index (κ3) is 3.79. The summed E-state index contributed by atoms with van der Waals surface area (Å²) in [7, 11) is 1.53. The van der Waals surface area contributed by atoms with Crippen molar-refractivity contribution < 1.29 is 13.5 Å². The van der Waals surface area contributed by atoms with Gasteiger partial charge in [-0.25, -0.2) is 8.78 Å². The fourth-order valence-electron chi connectivity index (χ4n) is 2.41. The Kier molecular flexibility index (Phi) is 5.28. The van der Waals surface area contributed by atoms with Crippen LogP contribution in [0.5, 0.6) is 5.75 Å². The van der Waals surface area contributed by atoms with E-state index in [-0.39, 0.29) is 17.7 Å². The molecule has 2 aromatic carbocycles. The summed E-state index contributed by atoms with van der Waals surface area (Å²) < 4.78 is 32.4. The molecule has 2 aromatic rings. The van der Waals surface area contributed by atoms with Crippen molar-refractivity contribution in [3.05, 3.63) is 65.2 Å². The number of halogens is 2. The van der Waals surface area contributed by atoms with E-state index in [1.807, 2.05) is 6.92 Å². The Labute approximate surface area is 123 Å². The Morgan fingerprint density at radius 1 is 1.10 bits per heavy atom. The second kappa shape index (κ2) is 7.18. The Bertz CT molecular complexity index is 584. The lowest BCUT2D eigenvalue weighted by Gasteiger charge is -2.21. The predicted molar refractivity (Wildman–Crippen MR) is 79.5 cm³/mol. The highest BCUT2D eigenvalue weighted by Gasteiger charge is 2.20. The van der Waals surface area contributed by atoms with Crippen molar-refractivity contribution in [2.75, 3.05) is 13.7 Å². The van der Waals surface area contributed by atoms with Crippen LogP contribution in [0.15, 0.2) is 42.5 Å². The molecule has 0 spiro atoms. The standard InChI is InChI=1S/C17H19F2NO/c1-3-20-15(11-12-7-9-13(18)10-8-12)17-14(19)5-4-6-16(17)21-2/h4-10,15,20H,3,11H2,1-2H3. The van der Waals surface area contributed by atoms with Crippen molar-refractivity contribution in [1.29, 1.82) is 0 Å². The first-order chi connectivity index (χ1) is 10.2. The summed E-state index contributed by atoms with van der Waals surface area (Å²) >= 11 is 0. The largest absolute Gasteiger partial charge is 0.496 e. The molecule has 0 aromatic heterocycles. The van der Waals surface area contributed by atoms with Crippen LogP contribution in [-0.2, 0) is 6.42 Å². The van der Waals surface area contributed by atoms with Crippen LogP contribution < -0.4 is 10.1 Å². The number of benzene rings is 2. The summed E-state index contributed by atoms with van der Waals surface area (Å²) in [6.07, 6.45) is 0.561. The van der Waals surface area contributed by atoms with Crippen LogP contribution >= 0.6 is 0 Å². The molecule has 0 aliphatic rings. The van der Waals surface area contributed by atoms with Crippen LogP contribution in [-0.4, -0.2) is 13.7 Å². The predicted octanol–water partition coefficient (Wildman–Crippen LogP) is 3.87. The van der Waals surface area contributed by atoms with Crippen molar-refractivity contribution in [3.8, 4) is 5.75 Å². The molecule has 1 atom stereocenters. The smallest absolute Gasteiger partial charge is 0.131 e. The lowest BCUT2D eigenvalue weighted by molar-refractivity contribution is 0.390. The van der Waals surface area contributed by atoms with Gasteiger partial charge in [0.25, 0.3) is 0 Å². The topological polar surface area (TPSA) is 21.3 Å². The van der Waals surface area contributed by atoms with Gasteiger partial charge < -0.3 is 10.1 Å². The van der Waals surface area contributed by atoms with Gasteiger partial charge in [0.2, 0.25) is 0 Å². The Hall–Kier alpha value is -1.94. The number of hydrogen-bond donors (Lipinski definition) is 1. The maximum atomic E-state index is 14.2. The second-order valence-corrected chi connectivity index (χ2v) is 4.80. The normalized spacial score (nSPS) is 12.2. The molecular formula is C17H19F2NO. The van der Waals surface area contributed by atoms with Crippen molar-refractivity contribution in [2.24, 2.45) is 0 Å². The summed E-state index contributed by atoms with van der Waals surface area (Å²) in [5.74, 6) is -0.0623. The molecule has 0 aliphatic heterocycles. The van der Waals surface area contributed by atoms with Crippen molar-refractivity contribution in [3.63, 3.8) is 0 Å². The third-order valence-corrected chi connectivity index (χ3v) is 3.38. The van der Waals surface area contributed by atoms with Gasteiger partial charge in [-0.15, -0.1) is 0 Å². The van der Waals surface area contributed by atoms with E-state index in [1.165, 1.54) is 25.3 Å². The lowest BCUT2D eigenvalue weighted by atomic mass is 9.97. The molecule has 4 heteroatoms. The van der Waals surface area contributed by atoms with Crippen LogP contribution in [0.3, 0.4) is 0 Å². The summed E-state index contributed by atoms with van der Waals surface area (Å²) in [5, 5.41) is 3.26. The summed E-state index contributed by atoms with van der Waals surface area (Å²) in [6, 6.07) is 10.8. The van der Waals surface area contributed by atoms with E-state index in [2.05, 4.69) is 5.32 Å². The maximum Gasteiger partial charge on any atom is 0.131 e. The molecule has 0 radical (unpaired) electrons. The molecule has 1 unspecified atom stereocenters. The minimum atomic E-state index is -0.303. The van der Waals surface area contributed by atoms with Crippen LogP contribution in [0.25, 0.3) is 0 Å². The number of rotatable bonds is 6. The van der Waals surface area contributed by atoms with Gasteiger partial charge in [0.1, 0.15) is 17.4 Å². The highest BCUT2D eigenvalue weighted by atomic mass is 19.1.